The Morgan fingerprint density at radius 3 is 2.32 bits per heavy atom. The van der Waals surface area contributed by atoms with E-state index in [9.17, 15) is 37.5 Å². The molecule has 5 rings (SSSR count). The van der Waals surface area contributed by atoms with E-state index in [-0.39, 0.29) is 37.4 Å². The van der Waals surface area contributed by atoms with Crippen LogP contribution >= 0.6 is 0 Å². The van der Waals surface area contributed by atoms with E-state index in [1.807, 2.05) is 0 Å². The maximum Gasteiger partial charge on any atom is 0.416 e. The van der Waals surface area contributed by atoms with E-state index in [4.69, 9.17) is 10.5 Å². The van der Waals surface area contributed by atoms with E-state index in [1.165, 1.54) is 24.3 Å². The predicted octanol–water partition coefficient (Wildman–Crippen LogP) is 4.22. The molecule has 2 heterocycles. The Balaban J connectivity index is 1.50. The molecule has 4 amide bonds. The molecule has 2 fully saturated rings. The van der Waals surface area contributed by atoms with Gasteiger partial charge in [-0.2, -0.15) is 13.2 Å². The average molecular weight is 611 g/mol. The number of nitrogens with two attached hydrogens (primary N) is 1. The van der Waals surface area contributed by atoms with Gasteiger partial charge in [0.25, 0.3) is 0 Å². The number of alkyl halides is 3. The molecule has 4 atom stereocenters. The van der Waals surface area contributed by atoms with Crippen molar-refractivity contribution in [2.45, 2.75) is 37.1 Å². The number of aliphatic carboxylic acids is 1. The number of fused-ring (bicyclic) bond motifs is 1. The van der Waals surface area contributed by atoms with E-state index in [1.54, 1.807) is 42.5 Å². The zero-order valence-electron chi connectivity index (χ0n) is 23.2. The summed E-state index contributed by atoms with van der Waals surface area (Å²) < 4.78 is 45.4. The SMILES string of the molecule is NC(=O)NCCCC1(C(=O)O)NC(c2cccc(Oc3cccc(C(F)(F)F)c3)c2)C2C(=O)N(Cc3ccccc3)C(=O)C21. The van der Waals surface area contributed by atoms with Crippen LogP contribution < -0.4 is 21.1 Å². The second-order valence-corrected chi connectivity index (χ2v) is 10.7. The third-order valence-corrected chi connectivity index (χ3v) is 7.97. The third-order valence-electron chi connectivity index (χ3n) is 7.97. The topological polar surface area (TPSA) is 151 Å². The molecule has 0 saturated carbocycles. The smallest absolute Gasteiger partial charge is 0.416 e. The largest absolute Gasteiger partial charge is 0.480 e. The summed E-state index contributed by atoms with van der Waals surface area (Å²) >= 11 is 0. The lowest BCUT2D eigenvalue weighted by Crippen LogP contribution is -2.56. The van der Waals surface area contributed by atoms with E-state index in [2.05, 4.69) is 10.6 Å². The molecule has 0 bridgehead atoms. The zero-order valence-corrected chi connectivity index (χ0v) is 23.2. The van der Waals surface area contributed by atoms with Crippen molar-refractivity contribution in [2.75, 3.05) is 6.54 Å². The van der Waals surface area contributed by atoms with Gasteiger partial charge in [0.05, 0.1) is 23.9 Å². The molecule has 0 aliphatic carbocycles. The number of imide groups is 1. The molecular formula is C31H29F3N4O6. The number of likely N-dealkylation sites (tertiary alicyclic amines) is 1. The highest BCUT2D eigenvalue weighted by atomic mass is 19.4. The summed E-state index contributed by atoms with van der Waals surface area (Å²) in [5.74, 6) is -4.83. The standard InChI is InChI=1S/C31H29F3N4O6/c32-31(33,34)20-10-5-12-22(16-20)44-21-11-4-9-19(15-21)25-23-24(30(37-25,28(41)42)13-6-14-36-29(35)43)27(40)38(26(23)39)17-18-7-2-1-3-8-18/h1-5,7-12,15-16,23-25,37H,6,13-14,17H2,(H,41,42)(H3,35,36,43). The molecule has 2 aliphatic heterocycles. The van der Waals surface area contributed by atoms with Crippen LogP contribution in [0.15, 0.2) is 78.9 Å². The van der Waals surface area contributed by atoms with Crippen LogP contribution in [0.3, 0.4) is 0 Å². The number of carbonyl (C=O) groups is 4. The van der Waals surface area contributed by atoms with Crippen LogP contribution in [-0.2, 0) is 27.1 Å². The predicted molar refractivity (Wildman–Crippen MR) is 150 cm³/mol. The minimum absolute atomic E-state index is 0.0458. The van der Waals surface area contributed by atoms with Gasteiger partial charge in [-0.05, 0) is 54.3 Å². The van der Waals surface area contributed by atoms with Crippen molar-refractivity contribution < 1.29 is 42.2 Å². The lowest BCUT2D eigenvalue weighted by molar-refractivity contribution is -0.152. The summed E-state index contributed by atoms with van der Waals surface area (Å²) in [5, 5.41) is 16.0. The van der Waals surface area contributed by atoms with Crippen LogP contribution in [0.4, 0.5) is 18.0 Å². The number of carboxylic acids is 1. The first-order chi connectivity index (χ1) is 20.9. The average Bonchev–Trinajstić information content (AvgIpc) is 3.46. The van der Waals surface area contributed by atoms with E-state index < -0.39 is 59.0 Å². The second kappa shape index (κ2) is 12.0. The van der Waals surface area contributed by atoms with Gasteiger partial charge in [-0.3, -0.25) is 24.6 Å². The lowest BCUT2D eigenvalue weighted by atomic mass is 9.77. The maximum atomic E-state index is 13.9. The van der Waals surface area contributed by atoms with Crippen molar-refractivity contribution in [1.29, 1.82) is 0 Å². The van der Waals surface area contributed by atoms with Crippen LogP contribution in [0, 0.1) is 11.8 Å². The summed E-state index contributed by atoms with van der Waals surface area (Å²) in [6.07, 6.45) is -4.55. The van der Waals surface area contributed by atoms with Crippen molar-refractivity contribution in [2.24, 2.45) is 17.6 Å². The molecule has 0 radical (unpaired) electrons. The first kappa shape index (κ1) is 30.5. The number of nitrogens with zero attached hydrogens (tertiary/aromatic N) is 1. The van der Waals surface area contributed by atoms with Gasteiger partial charge in [-0.15, -0.1) is 0 Å². The number of primary amides is 1. The van der Waals surface area contributed by atoms with Crippen molar-refractivity contribution in [3.05, 3.63) is 95.6 Å². The normalized spacial score (nSPS) is 23.0. The molecule has 3 aromatic carbocycles. The van der Waals surface area contributed by atoms with Crippen LogP contribution in [0.25, 0.3) is 0 Å². The number of nitrogens with one attached hydrogen (secondary N) is 2. The number of halogens is 3. The second-order valence-electron chi connectivity index (χ2n) is 10.7. The highest BCUT2D eigenvalue weighted by Gasteiger charge is 2.68. The summed E-state index contributed by atoms with van der Waals surface area (Å²) in [4.78, 5) is 52.9. The molecule has 4 unspecified atom stereocenters. The zero-order chi connectivity index (χ0) is 31.6. The molecule has 13 heteroatoms. The Labute approximate surface area is 250 Å². The van der Waals surface area contributed by atoms with Gasteiger partial charge in [0.2, 0.25) is 11.8 Å². The highest BCUT2D eigenvalue weighted by Crippen LogP contribution is 2.51. The Morgan fingerprint density at radius 2 is 1.66 bits per heavy atom. The number of hydrogen-bond donors (Lipinski definition) is 4. The maximum absolute atomic E-state index is 13.9. The summed E-state index contributed by atoms with van der Waals surface area (Å²) in [6.45, 7) is 0.000130. The highest BCUT2D eigenvalue weighted by molar-refractivity contribution is 6.09. The lowest BCUT2D eigenvalue weighted by Gasteiger charge is -2.31. The molecule has 230 valence electrons. The number of carbonyl (C=O) groups excluding carboxylic acids is 3. The van der Waals surface area contributed by atoms with Crippen LogP contribution in [-0.4, -0.2) is 45.9 Å². The summed E-state index contributed by atoms with van der Waals surface area (Å²) in [5.41, 5.74) is 3.47. The Bertz CT molecular complexity index is 1580. The van der Waals surface area contributed by atoms with Crippen molar-refractivity contribution >= 4 is 23.8 Å². The van der Waals surface area contributed by atoms with Crippen LogP contribution in [0.5, 0.6) is 11.5 Å². The molecule has 2 saturated heterocycles. The van der Waals surface area contributed by atoms with E-state index in [0.717, 1.165) is 17.0 Å². The third kappa shape index (κ3) is 5.95. The molecule has 5 N–H and O–H groups in total. The first-order valence-corrected chi connectivity index (χ1v) is 13.8. The number of amides is 4. The Hall–Kier alpha value is -4.91. The molecule has 0 spiro atoms. The quantitative estimate of drug-likeness (QED) is 0.198. The minimum atomic E-state index is -4.57. The fourth-order valence-electron chi connectivity index (χ4n) is 6.03. The number of benzene rings is 3. The van der Waals surface area contributed by atoms with Gasteiger partial charge in [-0.1, -0.05) is 48.5 Å². The molecule has 0 aromatic heterocycles. The van der Waals surface area contributed by atoms with Crippen LogP contribution in [0.1, 0.15) is 35.6 Å². The molecule has 3 aromatic rings. The Morgan fingerprint density at radius 1 is 0.977 bits per heavy atom. The van der Waals surface area contributed by atoms with Crippen molar-refractivity contribution in [3.63, 3.8) is 0 Å². The fourth-order valence-corrected chi connectivity index (χ4v) is 6.03. The van der Waals surface area contributed by atoms with Gasteiger partial charge >= 0.3 is 18.2 Å². The molecule has 10 nitrogen and oxygen atoms in total. The number of urea groups is 1. The van der Waals surface area contributed by atoms with Gasteiger partial charge in [0.15, 0.2) is 0 Å². The monoisotopic (exact) mass is 610 g/mol. The van der Waals surface area contributed by atoms with Gasteiger partial charge in [-0.25, -0.2) is 4.79 Å². The minimum Gasteiger partial charge on any atom is -0.480 e. The van der Waals surface area contributed by atoms with Crippen molar-refractivity contribution in [3.8, 4) is 11.5 Å². The molecular weight excluding hydrogens is 581 g/mol. The summed E-state index contributed by atoms with van der Waals surface area (Å²) in [6, 6.07) is 17.6. The number of rotatable bonds is 10. The first-order valence-electron chi connectivity index (χ1n) is 13.8. The summed E-state index contributed by atoms with van der Waals surface area (Å²) in [7, 11) is 0. The molecule has 2 aliphatic rings. The number of carboxylic acid groups (broad SMARTS) is 1. The van der Waals surface area contributed by atoms with Crippen LogP contribution in [0.2, 0.25) is 0 Å². The van der Waals surface area contributed by atoms with E-state index in [0.29, 0.717) is 11.1 Å². The number of hydrogen-bond acceptors (Lipinski definition) is 6. The van der Waals surface area contributed by atoms with E-state index >= 15 is 0 Å². The van der Waals surface area contributed by atoms with Gasteiger partial charge < -0.3 is 20.9 Å². The number of ether oxygens (including phenoxy) is 1. The Kier molecular flexibility index (Phi) is 8.33. The fraction of sp³-hybridized carbons (Fsp3) is 0.290. The van der Waals surface area contributed by atoms with Gasteiger partial charge in [0.1, 0.15) is 17.0 Å². The van der Waals surface area contributed by atoms with Gasteiger partial charge in [0, 0.05) is 12.6 Å². The van der Waals surface area contributed by atoms with Crippen molar-refractivity contribution in [1.82, 2.24) is 15.5 Å². The molecule has 44 heavy (non-hydrogen) atoms.